The fourth-order valence-corrected chi connectivity index (χ4v) is 3.51. The molecule has 1 atom stereocenters. The van der Waals surface area contributed by atoms with E-state index < -0.39 is 24.3 Å². The van der Waals surface area contributed by atoms with E-state index in [-0.39, 0.29) is 29.5 Å². The van der Waals surface area contributed by atoms with E-state index in [1.165, 1.54) is 23.1 Å². The summed E-state index contributed by atoms with van der Waals surface area (Å²) in [4.78, 5) is 38.2. The van der Waals surface area contributed by atoms with Crippen molar-refractivity contribution >= 4 is 58.1 Å². The van der Waals surface area contributed by atoms with Crippen LogP contribution < -0.4 is 4.90 Å². The summed E-state index contributed by atoms with van der Waals surface area (Å²) >= 11 is 17.7. The second-order valence-electron chi connectivity index (χ2n) is 6.04. The molecule has 1 unspecified atom stereocenters. The van der Waals surface area contributed by atoms with E-state index in [9.17, 15) is 14.4 Å². The van der Waals surface area contributed by atoms with Gasteiger partial charge in [-0.1, -0.05) is 40.9 Å². The number of nitrogens with zero attached hydrogens (tertiary/aromatic N) is 1. The summed E-state index contributed by atoms with van der Waals surface area (Å²) in [6.07, 6.45) is 0.0151. The fourth-order valence-electron chi connectivity index (χ4n) is 2.81. The van der Waals surface area contributed by atoms with Crippen molar-refractivity contribution in [1.29, 1.82) is 0 Å². The van der Waals surface area contributed by atoms with Gasteiger partial charge in [-0.05, 0) is 36.4 Å². The highest BCUT2D eigenvalue weighted by Crippen LogP contribution is 2.28. The lowest BCUT2D eigenvalue weighted by atomic mass is 10.1. The number of rotatable bonds is 5. The van der Waals surface area contributed by atoms with E-state index in [4.69, 9.17) is 39.5 Å². The summed E-state index contributed by atoms with van der Waals surface area (Å²) in [5.74, 6) is -1.90. The number of hydrogen-bond donors (Lipinski definition) is 0. The summed E-state index contributed by atoms with van der Waals surface area (Å²) in [7, 11) is 0. The number of benzene rings is 2. The van der Waals surface area contributed by atoms with Gasteiger partial charge in [0.25, 0.3) is 0 Å². The molecule has 3 rings (SSSR count). The third kappa shape index (κ3) is 4.61. The summed E-state index contributed by atoms with van der Waals surface area (Å²) in [5, 5.41) is 1.09. The van der Waals surface area contributed by atoms with Crippen molar-refractivity contribution in [2.24, 2.45) is 5.92 Å². The van der Waals surface area contributed by atoms with Gasteiger partial charge in [-0.25, -0.2) is 0 Å². The maximum Gasteiger partial charge on any atom is 0.311 e. The number of Topliss-reactive ketones (excluding diaryl/α,β-unsaturated/α-hetero) is 1. The Kier molecular flexibility index (Phi) is 6.05. The van der Waals surface area contributed by atoms with E-state index >= 15 is 0 Å². The quantitative estimate of drug-likeness (QED) is 0.524. The van der Waals surface area contributed by atoms with Crippen molar-refractivity contribution in [3.8, 4) is 0 Å². The highest BCUT2D eigenvalue weighted by atomic mass is 35.5. The number of halogens is 3. The Labute approximate surface area is 170 Å². The van der Waals surface area contributed by atoms with Crippen molar-refractivity contribution in [3.63, 3.8) is 0 Å². The van der Waals surface area contributed by atoms with Crippen molar-refractivity contribution < 1.29 is 19.1 Å². The molecule has 1 saturated heterocycles. The minimum atomic E-state index is -0.648. The Morgan fingerprint density at radius 3 is 2.52 bits per heavy atom. The van der Waals surface area contributed by atoms with Crippen LogP contribution in [0.25, 0.3) is 0 Å². The Morgan fingerprint density at radius 2 is 1.81 bits per heavy atom. The number of esters is 1. The summed E-state index contributed by atoms with van der Waals surface area (Å²) in [5.41, 5.74) is 0.837. The van der Waals surface area contributed by atoms with Crippen molar-refractivity contribution in [3.05, 3.63) is 63.1 Å². The molecular formula is C19H14Cl3NO4. The standard InChI is InChI=1S/C19H14Cl3NO4/c20-12-2-1-3-14(7-12)23-9-11(6-18(23)25)19(26)27-10-17(24)15-5-4-13(21)8-16(15)22/h1-5,7-8,11H,6,9-10H2. The second kappa shape index (κ2) is 8.30. The maximum atomic E-state index is 12.3. The lowest BCUT2D eigenvalue weighted by Gasteiger charge is -2.16. The number of hydrogen-bond acceptors (Lipinski definition) is 4. The van der Waals surface area contributed by atoms with E-state index in [0.717, 1.165) is 0 Å². The molecule has 1 fully saturated rings. The first-order valence-corrected chi connectivity index (χ1v) is 9.19. The average Bonchev–Trinajstić information content (AvgIpc) is 3.01. The molecule has 1 amide bonds. The van der Waals surface area contributed by atoms with Crippen LogP contribution in [0.1, 0.15) is 16.8 Å². The molecule has 2 aromatic carbocycles. The molecule has 0 aliphatic carbocycles. The number of carbonyl (C=O) groups excluding carboxylic acids is 3. The van der Waals surface area contributed by atoms with Crippen LogP contribution in [-0.2, 0) is 14.3 Å². The smallest absolute Gasteiger partial charge is 0.311 e. The average molecular weight is 427 g/mol. The largest absolute Gasteiger partial charge is 0.457 e. The van der Waals surface area contributed by atoms with E-state index in [0.29, 0.717) is 15.7 Å². The van der Waals surface area contributed by atoms with Crippen LogP contribution in [0.5, 0.6) is 0 Å². The van der Waals surface area contributed by atoms with Gasteiger partial charge in [-0.3, -0.25) is 14.4 Å². The van der Waals surface area contributed by atoms with Gasteiger partial charge in [-0.2, -0.15) is 0 Å². The fraction of sp³-hybridized carbons (Fsp3) is 0.211. The van der Waals surface area contributed by atoms with Crippen LogP contribution >= 0.6 is 34.8 Å². The van der Waals surface area contributed by atoms with Gasteiger partial charge in [0.05, 0.1) is 10.9 Å². The SMILES string of the molecule is O=C(COC(=O)C1CC(=O)N(c2cccc(Cl)c2)C1)c1ccc(Cl)cc1Cl. The zero-order valence-corrected chi connectivity index (χ0v) is 16.2. The molecule has 140 valence electrons. The Bertz CT molecular complexity index is 916. The Morgan fingerprint density at radius 1 is 1.07 bits per heavy atom. The Balaban J connectivity index is 1.60. The number of carbonyl (C=O) groups is 3. The topological polar surface area (TPSA) is 63.7 Å². The lowest BCUT2D eigenvalue weighted by molar-refractivity contribution is -0.147. The van der Waals surface area contributed by atoms with Crippen LogP contribution in [0.4, 0.5) is 5.69 Å². The van der Waals surface area contributed by atoms with Gasteiger partial charge in [0.15, 0.2) is 6.61 Å². The van der Waals surface area contributed by atoms with Crippen molar-refractivity contribution in [2.75, 3.05) is 18.1 Å². The highest BCUT2D eigenvalue weighted by Gasteiger charge is 2.36. The first-order chi connectivity index (χ1) is 12.8. The molecule has 1 aliphatic heterocycles. The van der Waals surface area contributed by atoms with Gasteiger partial charge in [-0.15, -0.1) is 0 Å². The summed E-state index contributed by atoms with van der Waals surface area (Å²) in [6.45, 7) is -0.282. The van der Waals surface area contributed by atoms with Crippen LogP contribution in [-0.4, -0.2) is 30.8 Å². The number of ether oxygens (including phenoxy) is 1. The molecule has 1 heterocycles. The van der Waals surface area contributed by atoms with E-state index in [1.54, 1.807) is 24.3 Å². The molecule has 0 saturated carbocycles. The maximum absolute atomic E-state index is 12.3. The number of ketones is 1. The molecule has 0 radical (unpaired) electrons. The van der Waals surface area contributed by atoms with E-state index in [2.05, 4.69) is 0 Å². The van der Waals surface area contributed by atoms with Crippen LogP contribution in [0, 0.1) is 5.92 Å². The van der Waals surface area contributed by atoms with Crippen LogP contribution in [0.2, 0.25) is 15.1 Å². The molecule has 0 aromatic heterocycles. The molecule has 27 heavy (non-hydrogen) atoms. The van der Waals surface area contributed by atoms with Crippen molar-refractivity contribution in [2.45, 2.75) is 6.42 Å². The number of anilines is 1. The minimum absolute atomic E-state index is 0.0151. The van der Waals surface area contributed by atoms with Crippen LogP contribution in [0.15, 0.2) is 42.5 Å². The molecular weight excluding hydrogens is 413 g/mol. The molecule has 2 aromatic rings. The molecule has 0 bridgehead atoms. The van der Waals surface area contributed by atoms with Gasteiger partial charge < -0.3 is 9.64 Å². The van der Waals surface area contributed by atoms with Gasteiger partial charge in [0.2, 0.25) is 11.7 Å². The highest BCUT2D eigenvalue weighted by molar-refractivity contribution is 6.36. The molecule has 8 heteroatoms. The molecule has 5 nitrogen and oxygen atoms in total. The second-order valence-corrected chi connectivity index (χ2v) is 7.32. The monoisotopic (exact) mass is 425 g/mol. The van der Waals surface area contributed by atoms with Gasteiger partial charge in [0, 0.05) is 34.3 Å². The molecule has 1 aliphatic rings. The molecule has 0 spiro atoms. The first kappa shape index (κ1) is 19.7. The van der Waals surface area contributed by atoms with Gasteiger partial charge in [0.1, 0.15) is 0 Å². The van der Waals surface area contributed by atoms with Crippen LogP contribution in [0.3, 0.4) is 0 Å². The Hall–Kier alpha value is -2.08. The van der Waals surface area contributed by atoms with Crippen molar-refractivity contribution in [1.82, 2.24) is 0 Å². The summed E-state index contributed by atoms with van der Waals surface area (Å²) < 4.78 is 5.10. The predicted molar refractivity (Wildman–Crippen MR) is 104 cm³/mol. The first-order valence-electron chi connectivity index (χ1n) is 8.06. The summed E-state index contributed by atoms with van der Waals surface area (Å²) in [6, 6.07) is 11.3. The predicted octanol–water partition coefficient (Wildman–Crippen LogP) is 4.43. The van der Waals surface area contributed by atoms with Gasteiger partial charge >= 0.3 is 5.97 Å². The third-order valence-electron chi connectivity index (χ3n) is 4.16. The number of amides is 1. The zero-order valence-electron chi connectivity index (χ0n) is 14.0. The normalized spacial score (nSPS) is 16.5. The van der Waals surface area contributed by atoms with E-state index in [1.807, 2.05) is 0 Å². The lowest BCUT2D eigenvalue weighted by Crippen LogP contribution is -2.27. The molecule has 0 N–H and O–H groups in total. The minimum Gasteiger partial charge on any atom is -0.457 e. The zero-order chi connectivity index (χ0) is 19.6. The third-order valence-corrected chi connectivity index (χ3v) is 4.94.